The van der Waals surface area contributed by atoms with Gasteiger partial charge in [0.05, 0.1) is 11.2 Å². The smallest absolute Gasteiger partial charge is 0.147 e. The third-order valence-electron chi connectivity index (χ3n) is 2.42. The van der Waals surface area contributed by atoms with Gasteiger partial charge in [0, 0.05) is 12.3 Å². The van der Waals surface area contributed by atoms with Crippen molar-refractivity contribution in [1.29, 1.82) is 0 Å². The van der Waals surface area contributed by atoms with Crippen LogP contribution in [-0.2, 0) is 5.54 Å². The van der Waals surface area contributed by atoms with E-state index in [-0.39, 0.29) is 5.82 Å². The molecule has 1 aliphatic rings. The number of nitrogens with zero attached hydrogens (tertiary/aromatic N) is 1. The van der Waals surface area contributed by atoms with Crippen molar-refractivity contribution < 1.29 is 4.39 Å². The van der Waals surface area contributed by atoms with E-state index in [4.69, 9.17) is 5.73 Å². The zero-order valence-electron chi connectivity index (χ0n) is 6.68. The Balaban J connectivity index is 2.39. The molecular weight excluding hydrogens is 155 g/mol. The number of aromatic nitrogens is 1. The summed E-state index contributed by atoms with van der Waals surface area (Å²) in [4.78, 5) is 3.92. The van der Waals surface area contributed by atoms with Gasteiger partial charge in [-0.25, -0.2) is 4.39 Å². The summed E-state index contributed by atoms with van der Waals surface area (Å²) in [5, 5.41) is 0. The van der Waals surface area contributed by atoms with Crippen molar-refractivity contribution in [2.75, 3.05) is 0 Å². The molecule has 0 aliphatic heterocycles. The maximum atomic E-state index is 13.1. The van der Waals surface area contributed by atoms with Gasteiger partial charge in [0.1, 0.15) is 5.82 Å². The van der Waals surface area contributed by atoms with Crippen molar-refractivity contribution in [3.63, 3.8) is 0 Å². The molecule has 1 aliphatic carbocycles. The summed E-state index contributed by atoms with van der Waals surface area (Å²) in [6.45, 7) is 0. The van der Waals surface area contributed by atoms with Crippen LogP contribution in [0.5, 0.6) is 0 Å². The van der Waals surface area contributed by atoms with Gasteiger partial charge in [0.15, 0.2) is 0 Å². The lowest BCUT2D eigenvalue weighted by molar-refractivity contribution is 0.237. The predicted molar refractivity (Wildman–Crippen MR) is 42.7 cm³/mol. The van der Waals surface area contributed by atoms with Crippen LogP contribution in [0, 0.1) is 11.9 Å². The summed E-state index contributed by atoms with van der Waals surface area (Å²) in [5.41, 5.74) is 5.80. The molecule has 1 saturated carbocycles. The second-order valence-corrected chi connectivity index (χ2v) is 3.28. The highest BCUT2D eigenvalue weighted by Crippen LogP contribution is 2.38. The number of pyridine rings is 1. The zero-order valence-corrected chi connectivity index (χ0v) is 6.68. The molecule has 1 fully saturated rings. The molecule has 0 bridgehead atoms. The summed E-state index contributed by atoms with van der Waals surface area (Å²) in [5.74, 6) is -0.334. The molecule has 0 spiro atoms. The van der Waals surface area contributed by atoms with Crippen LogP contribution < -0.4 is 5.73 Å². The Morgan fingerprint density at radius 2 is 2.33 bits per heavy atom. The van der Waals surface area contributed by atoms with Crippen LogP contribution in [0.2, 0.25) is 0 Å². The van der Waals surface area contributed by atoms with Crippen molar-refractivity contribution in [3.8, 4) is 0 Å². The van der Waals surface area contributed by atoms with Crippen LogP contribution in [-0.4, -0.2) is 4.98 Å². The quantitative estimate of drug-likeness (QED) is 0.682. The van der Waals surface area contributed by atoms with Gasteiger partial charge >= 0.3 is 0 Å². The normalized spacial score (nSPS) is 20.2. The molecule has 2 N–H and O–H groups in total. The maximum Gasteiger partial charge on any atom is 0.147 e. The highest BCUT2D eigenvalue weighted by molar-refractivity contribution is 5.19. The van der Waals surface area contributed by atoms with Gasteiger partial charge in [0.2, 0.25) is 0 Å². The van der Waals surface area contributed by atoms with Gasteiger partial charge in [-0.3, -0.25) is 4.98 Å². The van der Waals surface area contributed by atoms with E-state index in [9.17, 15) is 4.39 Å². The molecule has 12 heavy (non-hydrogen) atoms. The third-order valence-corrected chi connectivity index (χ3v) is 2.42. The zero-order chi connectivity index (χ0) is 8.60. The average molecular weight is 165 g/mol. The largest absolute Gasteiger partial charge is 0.320 e. The minimum Gasteiger partial charge on any atom is -0.320 e. The molecule has 0 amide bonds. The predicted octanol–water partition coefficient (Wildman–Crippen LogP) is 1.36. The first-order valence-electron chi connectivity index (χ1n) is 4.03. The number of hydrogen-bond donors (Lipinski definition) is 1. The molecule has 0 atom stereocenters. The molecule has 0 aromatic carbocycles. The fraction of sp³-hybridized carbons (Fsp3) is 0.444. The number of nitrogens with two attached hydrogens (primary N) is 1. The first-order chi connectivity index (χ1) is 5.72. The second kappa shape index (κ2) is 2.52. The summed E-state index contributed by atoms with van der Waals surface area (Å²) < 4.78 is 13.1. The Labute approximate surface area is 70.6 Å². The Hall–Kier alpha value is -0.960. The van der Waals surface area contributed by atoms with Gasteiger partial charge < -0.3 is 5.73 Å². The Kier molecular flexibility index (Phi) is 1.61. The van der Waals surface area contributed by atoms with E-state index >= 15 is 0 Å². The molecule has 0 saturated heterocycles. The van der Waals surface area contributed by atoms with Crippen molar-refractivity contribution in [2.45, 2.75) is 24.8 Å². The Morgan fingerprint density at radius 3 is 2.83 bits per heavy atom. The van der Waals surface area contributed by atoms with E-state index in [1.165, 1.54) is 12.3 Å². The number of hydrogen-bond acceptors (Lipinski definition) is 2. The second-order valence-electron chi connectivity index (χ2n) is 3.28. The van der Waals surface area contributed by atoms with Crippen LogP contribution in [0.3, 0.4) is 0 Å². The van der Waals surface area contributed by atoms with Crippen LogP contribution in [0.15, 0.2) is 12.3 Å². The lowest BCUT2D eigenvalue weighted by Gasteiger charge is -2.37. The van der Waals surface area contributed by atoms with Crippen LogP contribution in [0.25, 0.3) is 0 Å². The topological polar surface area (TPSA) is 38.9 Å². The molecule has 1 aromatic rings. The van der Waals surface area contributed by atoms with Crippen molar-refractivity contribution in [1.82, 2.24) is 4.98 Å². The Bertz CT molecular complexity index is 294. The van der Waals surface area contributed by atoms with Gasteiger partial charge in [-0.15, -0.1) is 0 Å². The standard InChI is InChI=1S/C9H10FN2/c10-7-3-1-6-12-8(7)9(11)4-2-5-9/h3,6H,2,4-5,11H2. The summed E-state index contributed by atoms with van der Waals surface area (Å²) in [6.07, 6.45) is 4.20. The molecule has 1 heterocycles. The van der Waals surface area contributed by atoms with Crippen molar-refractivity contribution >= 4 is 0 Å². The van der Waals surface area contributed by atoms with Gasteiger partial charge in [-0.1, -0.05) is 0 Å². The SMILES string of the molecule is NC1(c2nc[c]cc2F)CCC1. The minimum absolute atomic E-state index is 0.334. The number of halogens is 1. The highest BCUT2D eigenvalue weighted by atomic mass is 19.1. The molecule has 1 radical (unpaired) electrons. The minimum atomic E-state index is -0.501. The van der Waals surface area contributed by atoms with Gasteiger partial charge in [-0.2, -0.15) is 0 Å². The van der Waals surface area contributed by atoms with Crippen molar-refractivity contribution in [3.05, 3.63) is 29.8 Å². The lowest BCUT2D eigenvalue weighted by atomic mass is 9.75. The molecule has 2 rings (SSSR count). The van der Waals surface area contributed by atoms with Crippen LogP contribution in [0.1, 0.15) is 25.0 Å². The average Bonchev–Trinajstić information content (AvgIpc) is 2.01. The van der Waals surface area contributed by atoms with Crippen LogP contribution in [0.4, 0.5) is 4.39 Å². The molecule has 2 nitrogen and oxygen atoms in total. The molecule has 63 valence electrons. The van der Waals surface area contributed by atoms with Gasteiger partial charge in [-0.05, 0) is 25.3 Å². The lowest BCUT2D eigenvalue weighted by Crippen LogP contribution is -2.44. The fourth-order valence-electron chi connectivity index (χ4n) is 1.50. The molecule has 0 unspecified atom stereocenters. The first kappa shape index (κ1) is 7.68. The number of rotatable bonds is 1. The third kappa shape index (κ3) is 1.01. The molecule has 3 heteroatoms. The van der Waals surface area contributed by atoms with E-state index in [0.717, 1.165) is 19.3 Å². The van der Waals surface area contributed by atoms with Gasteiger partial charge in [0.25, 0.3) is 0 Å². The fourth-order valence-corrected chi connectivity index (χ4v) is 1.50. The van der Waals surface area contributed by atoms with Crippen LogP contribution >= 0.6 is 0 Å². The Morgan fingerprint density at radius 1 is 1.58 bits per heavy atom. The summed E-state index contributed by atoms with van der Waals surface area (Å²) >= 11 is 0. The monoisotopic (exact) mass is 165 g/mol. The van der Waals surface area contributed by atoms with Crippen molar-refractivity contribution in [2.24, 2.45) is 5.73 Å². The highest BCUT2D eigenvalue weighted by Gasteiger charge is 2.37. The van der Waals surface area contributed by atoms with E-state index in [1.807, 2.05) is 0 Å². The molecular formula is C9H10FN2. The van der Waals surface area contributed by atoms with E-state index in [0.29, 0.717) is 5.69 Å². The first-order valence-corrected chi connectivity index (χ1v) is 4.03. The molecule has 1 aromatic heterocycles. The summed E-state index contributed by atoms with van der Waals surface area (Å²) in [6, 6.07) is 3.87. The van der Waals surface area contributed by atoms with E-state index < -0.39 is 5.54 Å². The van der Waals surface area contributed by atoms with E-state index in [1.54, 1.807) is 0 Å². The van der Waals surface area contributed by atoms with E-state index in [2.05, 4.69) is 11.1 Å². The summed E-state index contributed by atoms with van der Waals surface area (Å²) in [7, 11) is 0. The maximum absolute atomic E-state index is 13.1.